The number of alkyl halides is 2. The van der Waals surface area contributed by atoms with Crippen LogP contribution in [0.4, 0.5) is 8.78 Å². The van der Waals surface area contributed by atoms with Gasteiger partial charge in [0.2, 0.25) is 0 Å². The van der Waals surface area contributed by atoms with Crippen LogP contribution in [0, 0.1) is 0 Å². The van der Waals surface area contributed by atoms with Crippen molar-refractivity contribution in [1.82, 2.24) is 15.5 Å². The largest absolute Gasteiger partial charge is 0.494 e. The Morgan fingerprint density at radius 1 is 1.03 bits per heavy atom. The molecule has 2 N–H and O–H groups in total. The fourth-order valence-corrected chi connectivity index (χ4v) is 2.72. The van der Waals surface area contributed by atoms with Crippen LogP contribution in [0.25, 0.3) is 0 Å². The molecule has 0 aliphatic carbocycles. The van der Waals surface area contributed by atoms with Crippen molar-refractivity contribution in [3.8, 4) is 11.5 Å². The maximum Gasteiger partial charge on any atom is 0.387 e. The third-order valence-electron chi connectivity index (χ3n) is 4.26. The smallest absolute Gasteiger partial charge is 0.387 e. The second kappa shape index (κ2) is 12.6. The van der Waals surface area contributed by atoms with E-state index in [0.717, 1.165) is 24.3 Å². The lowest BCUT2D eigenvalue weighted by Crippen LogP contribution is -2.36. The van der Waals surface area contributed by atoms with Crippen LogP contribution in [0.15, 0.2) is 53.5 Å². The number of hydrogen-bond donors (Lipinski definition) is 2. The molecule has 2 aromatic carbocycles. The zero-order chi connectivity index (χ0) is 21.8. The van der Waals surface area contributed by atoms with Crippen molar-refractivity contribution in [2.45, 2.75) is 26.1 Å². The monoisotopic (exact) mass is 420 g/mol. The van der Waals surface area contributed by atoms with E-state index in [1.165, 1.54) is 6.07 Å². The third kappa shape index (κ3) is 8.65. The van der Waals surface area contributed by atoms with Crippen LogP contribution in [0.3, 0.4) is 0 Å². The Hall–Kier alpha value is -2.87. The summed E-state index contributed by atoms with van der Waals surface area (Å²) in [4.78, 5) is 6.30. The van der Waals surface area contributed by atoms with Gasteiger partial charge in [-0.05, 0) is 44.3 Å². The van der Waals surface area contributed by atoms with E-state index >= 15 is 0 Å². The number of para-hydroxylation sites is 1. The molecule has 0 aliphatic heterocycles. The second-order valence-electron chi connectivity index (χ2n) is 6.91. The van der Waals surface area contributed by atoms with Crippen LogP contribution in [0.5, 0.6) is 11.5 Å². The first kappa shape index (κ1) is 23.4. The van der Waals surface area contributed by atoms with Crippen LogP contribution >= 0.6 is 0 Å². The van der Waals surface area contributed by atoms with Crippen molar-refractivity contribution in [3.63, 3.8) is 0 Å². The van der Waals surface area contributed by atoms with Gasteiger partial charge in [-0.1, -0.05) is 30.3 Å². The van der Waals surface area contributed by atoms with Gasteiger partial charge < -0.3 is 25.0 Å². The van der Waals surface area contributed by atoms with Crippen LogP contribution in [0.2, 0.25) is 0 Å². The molecule has 2 rings (SSSR count). The first-order chi connectivity index (χ1) is 14.5. The Morgan fingerprint density at radius 3 is 2.40 bits per heavy atom. The number of nitrogens with one attached hydrogen (secondary N) is 2. The quantitative estimate of drug-likeness (QED) is 0.331. The predicted octanol–water partition coefficient (Wildman–Crippen LogP) is 3.48. The van der Waals surface area contributed by atoms with Gasteiger partial charge in [-0.2, -0.15) is 8.78 Å². The zero-order valence-electron chi connectivity index (χ0n) is 17.7. The highest BCUT2D eigenvalue weighted by Crippen LogP contribution is 2.20. The summed E-state index contributed by atoms with van der Waals surface area (Å²) in [6.07, 6.45) is 0.976. The minimum atomic E-state index is -2.86. The number of nitrogens with zero attached hydrogens (tertiary/aromatic N) is 2. The minimum Gasteiger partial charge on any atom is -0.494 e. The lowest BCUT2D eigenvalue weighted by atomic mass is 10.2. The van der Waals surface area contributed by atoms with Crippen LogP contribution in [-0.2, 0) is 13.1 Å². The van der Waals surface area contributed by atoms with E-state index < -0.39 is 6.61 Å². The Morgan fingerprint density at radius 2 is 1.73 bits per heavy atom. The van der Waals surface area contributed by atoms with Gasteiger partial charge in [-0.25, -0.2) is 0 Å². The van der Waals surface area contributed by atoms with E-state index in [2.05, 4.69) is 25.3 Å². The molecule has 8 heteroatoms. The number of hydrogen-bond acceptors (Lipinski definition) is 4. The van der Waals surface area contributed by atoms with Crippen LogP contribution in [0.1, 0.15) is 17.5 Å². The molecule has 0 aliphatic rings. The van der Waals surface area contributed by atoms with Crippen molar-refractivity contribution >= 4 is 5.96 Å². The molecule has 0 aromatic heterocycles. The molecule has 0 saturated heterocycles. The molecule has 0 amide bonds. The molecule has 0 atom stereocenters. The van der Waals surface area contributed by atoms with Gasteiger partial charge in [0.15, 0.2) is 5.96 Å². The third-order valence-corrected chi connectivity index (χ3v) is 4.26. The molecule has 0 radical (unpaired) electrons. The number of rotatable bonds is 11. The minimum absolute atomic E-state index is 0.150. The molecule has 6 nitrogen and oxygen atoms in total. The molecule has 30 heavy (non-hydrogen) atoms. The Bertz CT molecular complexity index is 783. The van der Waals surface area contributed by atoms with E-state index in [1.807, 2.05) is 38.4 Å². The lowest BCUT2D eigenvalue weighted by Gasteiger charge is -2.15. The average molecular weight is 421 g/mol. The molecule has 164 valence electrons. The van der Waals surface area contributed by atoms with Gasteiger partial charge >= 0.3 is 6.61 Å². The summed E-state index contributed by atoms with van der Waals surface area (Å²) in [7, 11) is 5.74. The number of ether oxygens (including phenoxy) is 2. The SMILES string of the molecule is CN=C(NCc1ccc(OCCCN(C)C)cc1)NCc1ccccc1OC(F)F. The van der Waals surface area contributed by atoms with Crippen molar-refractivity contribution in [1.29, 1.82) is 0 Å². The van der Waals surface area contributed by atoms with E-state index in [9.17, 15) is 8.78 Å². The predicted molar refractivity (Wildman–Crippen MR) is 115 cm³/mol. The topological polar surface area (TPSA) is 58.1 Å². The fourth-order valence-electron chi connectivity index (χ4n) is 2.72. The molecule has 0 fully saturated rings. The Balaban J connectivity index is 1.79. The summed E-state index contributed by atoms with van der Waals surface area (Å²) >= 11 is 0. The summed E-state index contributed by atoms with van der Waals surface area (Å²) in [5, 5.41) is 6.31. The standard InChI is InChI=1S/C22H30F2N4O2/c1-25-22(27-16-18-7-4-5-8-20(18)30-21(23)24)26-15-17-9-11-19(12-10-17)29-14-6-13-28(2)3/h4-5,7-12,21H,6,13-16H2,1-3H3,(H2,25,26,27). The first-order valence-electron chi connectivity index (χ1n) is 9.81. The molecule has 0 unspecified atom stereocenters. The van der Waals surface area contributed by atoms with Gasteiger partial charge in [0.05, 0.1) is 6.61 Å². The highest BCUT2D eigenvalue weighted by atomic mass is 19.3. The van der Waals surface area contributed by atoms with E-state index in [4.69, 9.17) is 4.74 Å². The van der Waals surface area contributed by atoms with Gasteiger partial charge in [-0.3, -0.25) is 4.99 Å². The van der Waals surface area contributed by atoms with Crippen molar-refractivity contribution in [2.75, 3.05) is 34.3 Å². The van der Waals surface area contributed by atoms with Crippen molar-refractivity contribution in [3.05, 3.63) is 59.7 Å². The molecular weight excluding hydrogens is 390 g/mol. The van der Waals surface area contributed by atoms with Crippen LogP contribution in [-0.4, -0.2) is 51.8 Å². The zero-order valence-corrected chi connectivity index (χ0v) is 17.7. The molecule has 0 bridgehead atoms. The fraction of sp³-hybridized carbons (Fsp3) is 0.409. The molecule has 0 heterocycles. The summed E-state index contributed by atoms with van der Waals surface area (Å²) in [5.41, 5.74) is 1.69. The van der Waals surface area contributed by atoms with Gasteiger partial charge in [-0.15, -0.1) is 0 Å². The number of aliphatic imine (C=N–C) groups is 1. The highest BCUT2D eigenvalue weighted by molar-refractivity contribution is 5.79. The van der Waals surface area contributed by atoms with Gasteiger partial charge in [0, 0.05) is 32.2 Å². The van der Waals surface area contributed by atoms with Crippen molar-refractivity contribution in [2.24, 2.45) is 4.99 Å². The first-order valence-corrected chi connectivity index (χ1v) is 9.81. The summed E-state index contributed by atoms with van der Waals surface area (Å²) < 4.78 is 35.3. The second-order valence-corrected chi connectivity index (χ2v) is 6.91. The lowest BCUT2D eigenvalue weighted by molar-refractivity contribution is -0.0504. The number of guanidine groups is 1. The van der Waals surface area contributed by atoms with Crippen LogP contribution < -0.4 is 20.1 Å². The molecule has 2 aromatic rings. The number of halogens is 2. The Labute approximate surface area is 176 Å². The van der Waals surface area contributed by atoms with E-state index in [-0.39, 0.29) is 5.75 Å². The molecule has 0 saturated carbocycles. The van der Waals surface area contributed by atoms with Gasteiger partial charge in [0.25, 0.3) is 0 Å². The van der Waals surface area contributed by atoms with E-state index in [1.54, 1.807) is 25.2 Å². The van der Waals surface area contributed by atoms with Gasteiger partial charge in [0.1, 0.15) is 11.5 Å². The maximum absolute atomic E-state index is 12.5. The highest BCUT2D eigenvalue weighted by Gasteiger charge is 2.09. The Kier molecular flexibility index (Phi) is 9.86. The normalized spacial score (nSPS) is 11.6. The average Bonchev–Trinajstić information content (AvgIpc) is 2.73. The summed E-state index contributed by atoms with van der Waals surface area (Å²) in [6.45, 7) is -0.308. The summed E-state index contributed by atoms with van der Waals surface area (Å²) in [5.74, 6) is 1.55. The molecule has 0 spiro atoms. The maximum atomic E-state index is 12.5. The van der Waals surface area contributed by atoms with Crippen molar-refractivity contribution < 1.29 is 18.3 Å². The summed E-state index contributed by atoms with van der Waals surface area (Å²) in [6, 6.07) is 14.6. The molecular formula is C22H30F2N4O2. The number of benzene rings is 2. The van der Waals surface area contributed by atoms with E-state index in [0.29, 0.717) is 31.2 Å².